The minimum Gasteiger partial charge on any atom is -0.396 e. The van der Waals surface area contributed by atoms with Crippen molar-refractivity contribution in [2.75, 3.05) is 11.1 Å². The first-order valence-corrected chi connectivity index (χ1v) is 5.80. The van der Waals surface area contributed by atoms with E-state index < -0.39 is 0 Å². The third-order valence-corrected chi connectivity index (χ3v) is 2.73. The molecule has 0 aliphatic heterocycles. The number of nitrogens with one attached hydrogen (secondary N) is 1. The van der Waals surface area contributed by atoms with E-state index in [0.717, 1.165) is 5.56 Å². The van der Waals surface area contributed by atoms with Gasteiger partial charge in [0.2, 0.25) is 0 Å². The number of hydrogen-bond donors (Lipinski definition) is 2. The number of nitrogens with zero attached hydrogens (tertiary/aromatic N) is 1. The van der Waals surface area contributed by atoms with Gasteiger partial charge in [-0.15, -0.1) is 0 Å². The first kappa shape index (κ1) is 11.9. The molecule has 0 unspecified atom stereocenters. The molecule has 0 saturated carbocycles. The summed E-state index contributed by atoms with van der Waals surface area (Å²) in [6.45, 7) is 1.90. The van der Waals surface area contributed by atoms with Gasteiger partial charge in [0.1, 0.15) is 5.82 Å². The fourth-order valence-electron chi connectivity index (χ4n) is 1.41. The van der Waals surface area contributed by atoms with E-state index >= 15 is 0 Å². The molecule has 5 heteroatoms. The summed E-state index contributed by atoms with van der Waals surface area (Å²) in [5.41, 5.74) is 7.59. The average molecular weight is 296 g/mol. The number of halogens is 2. The molecular formula is C12H11BrFN3. The molecule has 17 heavy (non-hydrogen) atoms. The fourth-order valence-corrected chi connectivity index (χ4v) is 1.75. The second kappa shape index (κ2) is 4.71. The Bertz CT molecular complexity index is 508. The van der Waals surface area contributed by atoms with Crippen molar-refractivity contribution in [3.63, 3.8) is 0 Å². The van der Waals surface area contributed by atoms with Gasteiger partial charge in [-0.1, -0.05) is 15.9 Å². The molecule has 2 rings (SSSR count). The summed E-state index contributed by atoms with van der Waals surface area (Å²) in [6, 6.07) is 6.54. The Morgan fingerprint density at radius 1 is 1.35 bits per heavy atom. The van der Waals surface area contributed by atoms with Crippen molar-refractivity contribution >= 4 is 33.1 Å². The van der Waals surface area contributed by atoms with E-state index in [1.807, 2.05) is 6.92 Å². The largest absolute Gasteiger partial charge is 0.396 e. The van der Waals surface area contributed by atoms with Gasteiger partial charge in [-0.25, -0.2) is 9.37 Å². The fraction of sp³-hybridized carbons (Fsp3) is 0.0833. The van der Waals surface area contributed by atoms with Crippen molar-refractivity contribution < 1.29 is 4.39 Å². The van der Waals surface area contributed by atoms with Gasteiger partial charge in [-0.2, -0.15) is 0 Å². The number of aromatic nitrogens is 1. The zero-order valence-corrected chi connectivity index (χ0v) is 10.8. The van der Waals surface area contributed by atoms with Crippen molar-refractivity contribution in [2.24, 2.45) is 0 Å². The number of hydrogen-bond acceptors (Lipinski definition) is 3. The van der Waals surface area contributed by atoms with Crippen LogP contribution in [0.2, 0.25) is 0 Å². The monoisotopic (exact) mass is 295 g/mol. The van der Waals surface area contributed by atoms with Gasteiger partial charge in [0.15, 0.2) is 5.82 Å². The Hall–Kier alpha value is -1.62. The molecule has 3 N–H and O–H groups in total. The molecule has 0 spiro atoms. The molecule has 0 fully saturated rings. The van der Waals surface area contributed by atoms with Crippen LogP contribution in [0.5, 0.6) is 0 Å². The Balaban J connectivity index is 2.31. The standard InChI is InChI=1S/C12H11BrFN3/c1-7-4-10(15)12(16-6-7)17-11-3-2-8(13)5-9(11)14/h2-6H,15H2,1H3,(H,16,17). The van der Waals surface area contributed by atoms with Gasteiger partial charge in [-0.05, 0) is 36.8 Å². The van der Waals surface area contributed by atoms with Crippen LogP contribution in [0.1, 0.15) is 5.56 Å². The number of aryl methyl sites for hydroxylation is 1. The zero-order chi connectivity index (χ0) is 12.4. The second-order valence-corrected chi connectivity index (χ2v) is 4.62. The molecule has 0 bridgehead atoms. The Morgan fingerprint density at radius 2 is 2.12 bits per heavy atom. The number of rotatable bonds is 2. The SMILES string of the molecule is Cc1cnc(Nc2ccc(Br)cc2F)c(N)c1. The maximum atomic E-state index is 13.6. The predicted molar refractivity (Wildman–Crippen MR) is 70.8 cm³/mol. The number of nitrogen functional groups attached to an aromatic ring is 1. The molecule has 1 aromatic carbocycles. The van der Waals surface area contributed by atoms with E-state index in [0.29, 0.717) is 21.7 Å². The minimum atomic E-state index is -0.360. The van der Waals surface area contributed by atoms with E-state index in [4.69, 9.17) is 5.73 Å². The lowest BCUT2D eigenvalue weighted by Crippen LogP contribution is -2.01. The minimum absolute atomic E-state index is 0.344. The van der Waals surface area contributed by atoms with Crippen molar-refractivity contribution in [1.82, 2.24) is 4.98 Å². The molecule has 0 radical (unpaired) electrons. The number of benzene rings is 1. The average Bonchev–Trinajstić information content (AvgIpc) is 2.25. The summed E-state index contributed by atoms with van der Waals surface area (Å²) in [6.07, 6.45) is 1.68. The molecule has 3 nitrogen and oxygen atoms in total. The molecule has 0 atom stereocenters. The third kappa shape index (κ3) is 2.74. The van der Waals surface area contributed by atoms with Gasteiger partial charge in [0.05, 0.1) is 11.4 Å². The molecule has 0 saturated heterocycles. The lowest BCUT2D eigenvalue weighted by atomic mass is 10.2. The van der Waals surface area contributed by atoms with E-state index in [2.05, 4.69) is 26.2 Å². The summed E-state index contributed by atoms with van der Waals surface area (Å²) >= 11 is 3.20. The summed E-state index contributed by atoms with van der Waals surface area (Å²) in [4.78, 5) is 4.12. The summed E-state index contributed by atoms with van der Waals surface area (Å²) < 4.78 is 14.3. The van der Waals surface area contributed by atoms with Crippen LogP contribution in [-0.2, 0) is 0 Å². The second-order valence-electron chi connectivity index (χ2n) is 3.70. The molecule has 2 aromatic rings. The van der Waals surface area contributed by atoms with Crippen LogP contribution in [0.4, 0.5) is 21.6 Å². The van der Waals surface area contributed by atoms with Crippen LogP contribution in [0, 0.1) is 12.7 Å². The zero-order valence-electron chi connectivity index (χ0n) is 9.17. The molecule has 1 aromatic heterocycles. The maximum Gasteiger partial charge on any atom is 0.153 e. The highest BCUT2D eigenvalue weighted by molar-refractivity contribution is 9.10. The van der Waals surface area contributed by atoms with Crippen molar-refractivity contribution in [2.45, 2.75) is 6.92 Å². The van der Waals surface area contributed by atoms with Crippen LogP contribution in [0.15, 0.2) is 34.9 Å². The Kier molecular flexibility index (Phi) is 3.28. The van der Waals surface area contributed by atoms with Crippen LogP contribution < -0.4 is 11.1 Å². The van der Waals surface area contributed by atoms with Crippen LogP contribution in [0.3, 0.4) is 0 Å². The van der Waals surface area contributed by atoms with Crippen LogP contribution in [0.25, 0.3) is 0 Å². The van der Waals surface area contributed by atoms with E-state index in [1.165, 1.54) is 6.07 Å². The van der Waals surface area contributed by atoms with Gasteiger partial charge >= 0.3 is 0 Å². The first-order chi connectivity index (χ1) is 8.06. The Labute approximate surface area is 107 Å². The van der Waals surface area contributed by atoms with E-state index in [1.54, 1.807) is 24.4 Å². The van der Waals surface area contributed by atoms with Crippen molar-refractivity contribution in [3.05, 3.63) is 46.3 Å². The number of nitrogens with two attached hydrogens (primary N) is 1. The van der Waals surface area contributed by atoms with Gasteiger partial charge < -0.3 is 11.1 Å². The normalized spacial score (nSPS) is 10.3. The molecule has 0 aliphatic carbocycles. The van der Waals surface area contributed by atoms with E-state index in [-0.39, 0.29) is 5.82 Å². The van der Waals surface area contributed by atoms with Gasteiger partial charge in [-0.3, -0.25) is 0 Å². The van der Waals surface area contributed by atoms with Gasteiger partial charge in [0, 0.05) is 10.7 Å². The molecule has 0 aliphatic rings. The molecular weight excluding hydrogens is 285 g/mol. The van der Waals surface area contributed by atoms with Crippen molar-refractivity contribution in [1.29, 1.82) is 0 Å². The molecule has 1 heterocycles. The van der Waals surface area contributed by atoms with E-state index in [9.17, 15) is 4.39 Å². The van der Waals surface area contributed by atoms with Crippen LogP contribution >= 0.6 is 15.9 Å². The van der Waals surface area contributed by atoms with Gasteiger partial charge in [0.25, 0.3) is 0 Å². The lowest BCUT2D eigenvalue weighted by Gasteiger charge is -2.09. The van der Waals surface area contributed by atoms with Crippen molar-refractivity contribution in [3.8, 4) is 0 Å². The predicted octanol–water partition coefficient (Wildman–Crippen LogP) is 3.62. The molecule has 88 valence electrons. The quantitative estimate of drug-likeness (QED) is 0.890. The summed E-state index contributed by atoms with van der Waals surface area (Å²) in [7, 11) is 0. The first-order valence-electron chi connectivity index (χ1n) is 5.00. The Morgan fingerprint density at radius 3 is 2.76 bits per heavy atom. The highest BCUT2D eigenvalue weighted by Gasteiger charge is 2.06. The number of pyridine rings is 1. The summed E-state index contributed by atoms with van der Waals surface area (Å²) in [5.74, 6) is 0.0953. The smallest absolute Gasteiger partial charge is 0.153 e. The highest BCUT2D eigenvalue weighted by atomic mass is 79.9. The number of anilines is 3. The lowest BCUT2D eigenvalue weighted by molar-refractivity contribution is 0.631. The topological polar surface area (TPSA) is 50.9 Å². The third-order valence-electron chi connectivity index (χ3n) is 2.24. The highest BCUT2D eigenvalue weighted by Crippen LogP contribution is 2.25. The van der Waals surface area contributed by atoms with Crippen LogP contribution in [-0.4, -0.2) is 4.98 Å². The maximum absolute atomic E-state index is 13.6. The summed E-state index contributed by atoms with van der Waals surface area (Å²) in [5, 5.41) is 2.86. The molecule has 0 amide bonds.